The monoisotopic (exact) mass is 597 g/mol. The van der Waals surface area contributed by atoms with Crippen LogP contribution >= 0.6 is 0 Å². The number of aliphatic hydroxyl groups is 1. The predicted octanol–water partition coefficient (Wildman–Crippen LogP) is -0.709. The molecule has 2 heterocycles. The van der Waals surface area contributed by atoms with Crippen molar-refractivity contribution in [2.24, 2.45) is 0 Å². The highest BCUT2D eigenvalue weighted by Crippen LogP contribution is 2.22. The van der Waals surface area contributed by atoms with E-state index in [1.807, 2.05) is 0 Å². The molecule has 3 rings (SSSR count). The van der Waals surface area contributed by atoms with Gasteiger partial charge >= 0.3 is 23.9 Å². The molecule has 2 fully saturated rings. The summed E-state index contributed by atoms with van der Waals surface area (Å²) < 4.78 is 31.9. The van der Waals surface area contributed by atoms with Crippen LogP contribution in [0.15, 0.2) is 24.3 Å². The largest absolute Gasteiger partial charge is 0.491 e. The summed E-state index contributed by atoms with van der Waals surface area (Å²) >= 11 is 0. The minimum absolute atomic E-state index is 0.00141. The Kier molecular flexibility index (Phi) is 12.7. The number of carboxylic acids is 1. The van der Waals surface area contributed by atoms with Gasteiger partial charge in [-0.25, -0.2) is 19.2 Å². The second-order valence-electron chi connectivity index (χ2n) is 10.1. The highest BCUT2D eigenvalue weighted by molar-refractivity contribution is 6.28. The number of ether oxygens (including phenoxy) is 6. The van der Waals surface area contributed by atoms with Gasteiger partial charge in [0.1, 0.15) is 31.2 Å². The molecule has 0 aromatic heterocycles. The van der Waals surface area contributed by atoms with Gasteiger partial charge in [-0.3, -0.25) is 0 Å². The molecule has 3 atom stereocenters. The molecular formula is C27H39N3O12. The maximum Gasteiger partial charge on any atom is 0.418 e. The normalized spacial score (nSPS) is 19.4. The average Bonchev–Trinajstić information content (AvgIpc) is 3.33. The van der Waals surface area contributed by atoms with Crippen LogP contribution in [0, 0.1) is 0 Å². The number of carbonyl (C=O) groups excluding carboxylic acids is 3. The first-order valence-corrected chi connectivity index (χ1v) is 13.7. The van der Waals surface area contributed by atoms with Crippen molar-refractivity contribution in [3.8, 4) is 5.75 Å². The zero-order valence-corrected chi connectivity index (χ0v) is 23.7. The molecule has 0 spiro atoms. The van der Waals surface area contributed by atoms with Crippen molar-refractivity contribution in [2.75, 3.05) is 65.8 Å². The van der Waals surface area contributed by atoms with Crippen LogP contribution in [0.3, 0.4) is 0 Å². The lowest BCUT2D eigenvalue weighted by molar-refractivity contribution is -0.178. The number of aliphatic carboxylic acids is 1. The smallest absolute Gasteiger partial charge is 0.418 e. The molecule has 0 aliphatic carbocycles. The SMILES string of the molecule is CC1(C)OC[C@@H](COC(=O)C(Cc2ccc(OC[C@@H](O)CNCCNC(=O)N3CCOCC3)cc2)OC(=O)C(=O)O)O1. The standard InChI is InChI=1S/C27H39N3O12/c1-27(2)40-17-21(42-27)16-39-24(34)22(41-25(35)23(32)33)13-18-3-5-20(6-4-18)38-15-19(31)14-28-7-8-29-26(36)30-9-11-37-12-10-30/h3-6,19,21-22,28,31H,7-17H2,1-2H3,(H,29,36)(H,32,33)/t19-,21+,22?/m0/s1. The van der Waals surface area contributed by atoms with Gasteiger partial charge in [0.25, 0.3) is 0 Å². The summed E-state index contributed by atoms with van der Waals surface area (Å²) in [6, 6.07) is 6.28. The van der Waals surface area contributed by atoms with Crippen molar-refractivity contribution < 1.29 is 57.8 Å². The molecule has 0 saturated carbocycles. The van der Waals surface area contributed by atoms with Gasteiger partial charge < -0.3 is 54.2 Å². The number of amides is 2. The number of rotatable bonds is 14. The van der Waals surface area contributed by atoms with Crippen LogP contribution in [-0.2, 0) is 44.5 Å². The Morgan fingerprint density at radius 3 is 2.48 bits per heavy atom. The van der Waals surface area contributed by atoms with Gasteiger partial charge in [0.05, 0.1) is 19.8 Å². The molecule has 42 heavy (non-hydrogen) atoms. The van der Waals surface area contributed by atoms with E-state index < -0.39 is 42.0 Å². The first kappa shape index (κ1) is 33.0. The fourth-order valence-corrected chi connectivity index (χ4v) is 4.06. The van der Waals surface area contributed by atoms with Crippen LogP contribution in [0.25, 0.3) is 0 Å². The average molecular weight is 598 g/mol. The molecule has 15 nitrogen and oxygen atoms in total. The molecule has 0 radical (unpaired) electrons. The molecule has 2 saturated heterocycles. The summed E-state index contributed by atoms with van der Waals surface area (Å²) in [5.74, 6) is -4.71. The molecule has 2 aliphatic heterocycles. The van der Waals surface area contributed by atoms with Crippen LogP contribution in [0.5, 0.6) is 5.75 Å². The number of morpholine rings is 1. The van der Waals surface area contributed by atoms with Gasteiger partial charge in [0.15, 0.2) is 5.79 Å². The van der Waals surface area contributed by atoms with E-state index in [1.165, 1.54) is 0 Å². The Bertz CT molecular complexity index is 1050. The molecule has 1 aromatic carbocycles. The van der Waals surface area contributed by atoms with Gasteiger partial charge in [0.2, 0.25) is 6.10 Å². The van der Waals surface area contributed by atoms with Crippen molar-refractivity contribution in [1.82, 2.24) is 15.5 Å². The topological polar surface area (TPSA) is 191 Å². The summed E-state index contributed by atoms with van der Waals surface area (Å²) in [6.45, 7) is 6.80. The van der Waals surface area contributed by atoms with Crippen LogP contribution < -0.4 is 15.4 Å². The summed E-state index contributed by atoms with van der Waals surface area (Å²) in [6.07, 6.45) is -2.96. The lowest BCUT2D eigenvalue weighted by Crippen LogP contribution is -2.47. The first-order chi connectivity index (χ1) is 20.0. The number of nitrogens with zero attached hydrogens (tertiary/aromatic N) is 1. The Balaban J connectivity index is 1.38. The maximum absolute atomic E-state index is 12.6. The fourth-order valence-electron chi connectivity index (χ4n) is 4.06. The molecule has 234 valence electrons. The number of carboxylic acid groups (broad SMARTS) is 1. The Morgan fingerprint density at radius 1 is 1.12 bits per heavy atom. The quantitative estimate of drug-likeness (QED) is 0.120. The number of carbonyl (C=O) groups is 4. The number of urea groups is 1. The molecular weight excluding hydrogens is 558 g/mol. The fraction of sp³-hybridized carbons (Fsp3) is 0.630. The molecule has 2 amide bonds. The number of hydrogen-bond acceptors (Lipinski definition) is 12. The van der Waals surface area contributed by atoms with E-state index in [1.54, 1.807) is 43.0 Å². The highest BCUT2D eigenvalue weighted by Gasteiger charge is 2.35. The second-order valence-corrected chi connectivity index (χ2v) is 10.1. The highest BCUT2D eigenvalue weighted by atomic mass is 16.7. The summed E-state index contributed by atoms with van der Waals surface area (Å²) in [5.41, 5.74) is 0.547. The van der Waals surface area contributed by atoms with Crippen molar-refractivity contribution in [1.29, 1.82) is 0 Å². The lowest BCUT2D eigenvalue weighted by Gasteiger charge is -2.27. The van der Waals surface area contributed by atoms with E-state index >= 15 is 0 Å². The number of aliphatic hydroxyl groups excluding tert-OH is 1. The number of nitrogens with one attached hydrogen (secondary N) is 2. The zero-order valence-electron chi connectivity index (χ0n) is 23.7. The molecule has 1 unspecified atom stereocenters. The van der Waals surface area contributed by atoms with E-state index in [9.17, 15) is 24.3 Å². The van der Waals surface area contributed by atoms with Crippen molar-refractivity contribution in [3.63, 3.8) is 0 Å². The van der Waals surface area contributed by atoms with Gasteiger partial charge in [-0.2, -0.15) is 0 Å². The Hall–Kier alpha value is -3.50. The van der Waals surface area contributed by atoms with E-state index in [2.05, 4.69) is 10.6 Å². The van der Waals surface area contributed by atoms with E-state index in [0.29, 0.717) is 50.7 Å². The Morgan fingerprint density at radius 2 is 1.83 bits per heavy atom. The van der Waals surface area contributed by atoms with E-state index in [4.69, 9.17) is 33.5 Å². The van der Waals surface area contributed by atoms with Crippen LogP contribution in [0.2, 0.25) is 0 Å². The predicted molar refractivity (Wildman–Crippen MR) is 144 cm³/mol. The lowest BCUT2D eigenvalue weighted by atomic mass is 10.1. The van der Waals surface area contributed by atoms with Crippen LogP contribution in [0.4, 0.5) is 4.79 Å². The second kappa shape index (κ2) is 16.2. The number of benzene rings is 1. The van der Waals surface area contributed by atoms with Crippen LogP contribution in [0.1, 0.15) is 19.4 Å². The van der Waals surface area contributed by atoms with Crippen molar-refractivity contribution >= 4 is 23.9 Å². The van der Waals surface area contributed by atoms with Crippen molar-refractivity contribution in [3.05, 3.63) is 29.8 Å². The Labute approximate surface area is 243 Å². The zero-order chi connectivity index (χ0) is 30.5. The van der Waals surface area contributed by atoms with Gasteiger partial charge in [0, 0.05) is 39.1 Å². The molecule has 4 N–H and O–H groups in total. The van der Waals surface area contributed by atoms with Crippen LogP contribution in [-0.4, -0.2) is 129 Å². The maximum atomic E-state index is 12.6. The summed E-state index contributed by atoms with van der Waals surface area (Å²) in [7, 11) is 0. The third-order valence-electron chi connectivity index (χ3n) is 6.21. The number of esters is 2. The minimum Gasteiger partial charge on any atom is -0.491 e. The van der Waals surface area contributed by atoms with Gasteiger partial charge in [-0.05, 0) is 31.5 Å². The minimum atomic E-state index is -1.84. The summed E-state index contributed by atoms with van der Waals surface area (Å²) in [5, 5.41) is 24.9. The molecule has 2 aliphatic rings. The molecule has 1 aromatic rings. The summed E-state index contributed by atoms with van der Waals surface area (Å²) in [4.78, 5) is 49.0. The third-order valence-corrected chi connectivity index (χ3v) is 6.21. The number of hydrogen-bond donors (Lipinski definition) is 4. The third kappa shape index (κ3) is 11.4. The first-order valence-electron chi connectivity index (χ1n) is 13.7. The van der Waals surface area contributed by atoms with Gasteiger partial charge in [-0.15, -0.1) is 0 Å². The van der Waals surface area contributed by atoms with Crippen molar-refractivity contribution in [2.45, 2.75) is 44.4 Å². The molecule has 0 bridgehead atoms. The molecule has 15 heteroatoms. The van der Waals surface area contributed by atoms with E-state index in [-0.39, 0.29) is 38.8 Å². The van der Waals surface area contributed by atoms with Gasteiger partial charge in [-0.1, -0.05) is 12.1 Å². The van der Waals surface area contributed by atoms with E-state index in [0.717, 1.165) is 0 Å².